The first-order chi connectivity index (χ1) is 10.7. The van der Waals surface area contributed by atoms with E-state index in [1.54, 1.807) is 17.0 Å². The Kier molecular flexibility index (Phi) is 4.27. The highest BCUT2D eigenvalue weighted by atomic mass is 16.3. The van der Waals surface area contributed by atoms with Gasteiger partial charge in [-0.15, -0.1) is 0 Å². The first kappa shape index (κ1) is 14.4. The van der Waals surface area contributed by atoms with Crippen molar-refractivity contribution in [2.45, 2.75) is 13.0 Å². The SMILES string of the molecule is O=C(CCn1cccc1)N1CCN(C(=O)c2ccco2)CC1. The third-order valence-electron chi connectivity index (χ3n) is 3.90. The van der Waals surface area contributed by atoms with Gasteiger partial charge in [-0.3, -0.25) is 9.59 Å². The Morgan fingerprint density at radius 1 is 1.00 bits per heavy atom. The van der Waals surface area contributed by atoms with Crippen LogP contribution in [-0.2, 0) is 11.3 Å². The summed E-state index contributed by atoms with van der Waals surface area (Å²) >= 11 is 0. The molecule has 0 N–H and O–H groups in total. The second kappa shape index (κ2) is 6.51. The molecule has 0 atom stereocenters. The first-order valence-electron chi connectivity index (χ1n) is 7.45. The molecule has 2 aromatic heterocycles. The number of amides is 2. The number of carbonyl (C=O) groups is 2. The van der Waals surface area contributed by atoms with Crippen molar-refractivity contribution < 1.29 is 14.0 Å². The van der Waals surface area contributed by atoms with Crippen LogP contribution in [-0.4, -0.2) is 52.4 Å². The summed E-state index contributed by atoms with van der Waals surface area (Å²) < 4.78 is 7.12. The van der Waals surface area contributed by atoms with Gasteiger partial charge in [0.25, 0.3) is 5.91 Å². The van der Waals surface area contributed by atoms with Gasteiger partial charge in [-0.1, -0.05) is 0 Å². The predicted molar refractivity (Wildman–Crippen MR) is 80.2 cm³/mol. The standard InChI is InChI=1S/C16H19N3O3/c20-15(5-8-17-6-1-2-7-17)18-9-11-19(12-10-18)16(21)14-4-3-13-22-14/h1-4,6-7,13H,5,8-12H2. The van der Waals surface area contributed by atoms with Crippen molar-refractivity contribution in [3.63, 3.8) is 0 Å². The molecule has 2 aromatic rings. The van der Waals surface area contributed by atoms with E-state index in [1.807, 2.05) is 34.0 Å². The molecule has 0 saturated carbocycles. The topological polar surface area (TPSA) is 58.7 Å². The molecule has 3 heterocycles. The third kappa shape index (κ3) is 3.21. The number of furan rings is 1. The Balaban J connectivity index is 1.47. The zero-order chi connectivity index (χ0) is 15.4. The van der Waals surface area contributed by atoms with Crippen molar-refractivity contribution >= 4 is 11.8 Å². The number of aromatic nitrogens is 1. The molecular formula is C16H19N3O3. The van der Waals surface area contributed by atoms with E-state index in [0.717, 1.165) is 0 Å². The second-order valence-electron chi connectivity index (χ2n) is 5.32. The Labute approximate surface area is 128 Å². The van der Waals surface area contributed by atoms with Gasteiger partial charge in [-0.25, -0.2) is 0 Å². The Morgan fingerprint density at radius 2 is 1.68 bits per heavy atom. The van der Waals surface area contributed by atoms with Crippen LogP contribution in [0.1, 0.15) is 17.0 Å². The highest BCUT2D eigenvalue weighted by molar-refractivity contribution is 5.91. The molecule has 0 unspecified atom stereocenters. The van der Waals surface area contributed by atoms with Gasteiger partial charge < -0.3 is 18.8 Å². The molecule has 1 aliphatic rings. The van der Waals surface area contributed by atoms with Gasteiger partial charge in [0, 0.05) is 51.5 Å². The molecule has 6 nitrogen and oxygen atoms in total. The minimum atomic E-state index is -0.107. The van der Waals surface area contributed by atoms with Gasteiger partial charge in [0.05, 0.1) is 6.26 Å². The second-order valence-corrected chi connectivity index (χ2v) is 5.32. The summed E-state index contributed by atoms with van der Waals surface area (Å²) in [4.78, 5) is 27.9. The van der Waals surface area contributed by atoms with Crippen molar-refractivity contribution in [1.29, 1.82) is 0 Å². The van der Waals surface area contributed by atoms with E-state index < -0.39 is 0 Å². The van der Waals surface area contributed by atoms with Gasteiger partial charge in [-0.05, 0) is 24.3 Å². The summed E-state index contributed by atoms with van der Waals surface area (Å²) in [5, 5.41) is 0. The molecule has 0 aromatic carbocycles. The molecule has 1 saturated heterocycles. The Morgan fingerprint density at radius 3 is 2.32 bits per heavy atom. The quantitative estimate of drug-likeness (QED) is 0.859. The Hall–Kier alpha value is -2.50. The molecular weight excluding hydrogens is 282 g/mol. The van der Waals surface area contributed by atoms with Crippen LogP contribution in [0.2, 0.25) is 0 Å². The van der Waals surface area contributed by atoms with Crippen LogP contribution in [0.3, 0.4) is 0 Å². The maximum atomic E-state index is 12.2. The summed E-state index contributed by atoms with van der Waals surface area (Å²) in [5.74, 6) is 0.385. The monoisotopic (exact) mass is 301 g/mol. The van der Waals surface area contributed by atoms with Crippen LogP contribution in [0.25, 0.3) is 0 Å². The molecule has 1 aliphatic heterocycles. The lowest BCUT2D eigenvalue weighted by Gasteiger charge is -2.34. The van der Waals surface area contributed by atoms with E-state index in [1.165, 1.54) is 6.26 Å². The Bertz CT molecular complexity index is 611. The summed E-state index contributed by atoms with van der Waals surface area (Å²) in [6, 6.07) is 7.26. The van der Waals surface area contributed by atoms with Crippen molar-refractivity contribution in [2.75, 3.05) is 26.2 Å². The van der Waals surface area contributed by atoms with Crippen LogP contribution in [0.4, 0.5) is 0 Å². The number of nitrogens with zero attached hydrogens (tertiary/aromatic N) is 3. The minimum absolute atomic E-state index is 0.107. The van der Waals surface area contributed by atoms with E-state index in [9.17, 15) is 9.59 Å². The van der Waals surface area contributed by atoms with Crippen LogP contribution < -0.4 is 0 Å². The maximum absolute atomic E-state index is 12.2. The minimum Gasteiger partial charge on any atom is -0.459 e. The number of hydrogen-bond donors (Lipinski definition) is 0. The van der Waals surface area contributed by atoms with Gasteiger partial charge in [-0.2, -0.15) is 0 Å². The molecule has 6 heteroatoms. The highest BCUT2D eigenvalue weighted by Crippen LogP contribution is 2.10. The van der Waals surface area contributed by atoms with Crippen LogP contribution in [0, 0.1) is 0 Å². The van der Waals surface area contributed by atoms with Crippen LogP contribution in [0.15, 0.2) is 47.3 Å². The molecule has 1 fully saturated rings. The van der Waals surface area contributed by atoms with E-state index >= 15 is 0 Å². The lowest BCUT2D eigenvalue weighted by molar-refractivity contribution is -0.132. The van der Waals surface area contributed by atoms with E-state index in [-0.39, 0.29) is 11.8 Å². The van der Waals surface area contributed by atoms with Gasteiger partial charge in [0.15, 0.2) is 5.76 Å². The van der Waals surface area contributed by atoms with E-state index in [2.05, 4.69) is 0 Å². The van der Waals surface area contributed by atoms with Crippen molar-refractivity contribution in [3.05, 3.63) is 48.7 Å². The van der Waals surface area contributed by atoms with Gasteiger partial charge in [0.2, 0.25) is 5.91 Å². The van der Waals surface area contributed by atoms with Crippen molar-refractivity contribution in [2.24, 2.45) is 0 Å². The maximum Gasteiger partial charge on any atom is 0.289 e. The fourth-order valence-electron chi connectivity index (χ4n) is 2.62. The van der Waals surface area contributed by atoms with E-state index in [4.69, 9.17) is 4.42 Å². The first-order valence-corrected chi connectivity index (χ1v) is 7.45. The normalized spacial score (nSPS) is 15.1. The molecule has 116 valence electrons. The number of aryl methyl sites for hydroxylation is 1. The average Bonchev–Trinajstić information content (AvgIpc) is 3.25. The van der Waals surface area contributed by atoms with Crippen LogP contribution >= 0.6 is 0 Å². The lowest BCUT2D eigenvalue weighted by Crippen LogP contribution is -2.50. The van der Waals surface area contributed by atoms with Crippen molar-refractivity contribution in [3.8, 4) is 0 Å². The molecule has 2 amide bonds. The molecule has 0 radical (unpaired) electrons. The largest absolute Gasteiger partial charge is 0.459 e. The average molecular weight is 301 g/mol. The molecule has 0 aliphatic carbocycles. The van der Waals surface area contributed by atoms with Crippen molar-refractivity contribution in [1.82, 2.24) is 14.4 Å². The summed E-state index contributed by atoms with van der Waals surface area (Å²) in [7, 11) is 0. The molecule has 0 bridgehead atoms. The smallest absolute Gasteiger partial charge is 0.289 e. The molecule has 0 spiro atoms. The summed E-state index contributed by atoms with van der Waals surface area (Å²) in [6.45, 7) is 2.95. The zero-order valence-corrected chi connectivity index (χ0v) is 12.4. The number of piperazine rings is 1. The van der Waals surface area contributed by atoms with Gasteiger partial charge >= 0.3 is 0 Å². The van der Waals surface area contributed by atoms with Crippen LogP contribution in [0.5, 0.6) is 0 Å². The fourth-order valence-corrected chi connectivity index (χ4v) is 2.62. The predicted octanol–water partition coefficient (Wildman–Crippen LogP) is 1.46. The lowest BCUT2D eigenvalue weighted by atomic mass is 10.2. The molecule has 22 heavy (non-hydrogen) atoms. The van der Waals surface area contributed by atoms with Gasteiger partial charge in [0.1, 0.15) is 0 Å². The molecule has 3 rings (SSSR count). The highest BCUT2D eigenvalue weighted by Gasteiger charge is 2.25. The fraction of sp³-hybridized carbons (Fsp3) is 0.375. The summed E-state index contributed by atoms with van der Waals surface area (Å²) in [6.07, 6.45) is 5.88. The third-order valence-corrected chi connectivity index (χ3v) is 3.90. The zero-order valence-electron chi connectivity index (χ0n) is 12.4. The number of hydrogen-bond acceptors (Lipinski definition) is 3. The van der Waals surface area contributed by atoms with E-state index in [0.29, 0.717) is 44.9 Å². The summed E-state index contributed by atoms with van der Waals surface area (Å²) in [5.41, 5.74) is 0. The number of rotatable bonds is 4. The number of carbonyl (C=O) groups excluding carboxylic acids is 2.